The van der Waals surface area contributed by atoms with Crippen molar-refractivity contribution in [3.8, 4) is 0 Å². The number of hydrogen-bond acceptors (Lipinski definition) is 1. The van der Waals surface area contributed by atoms with Gasteiger partial charge in [0, 0.05) is 10.0 Å². The molecule has 0 aliphatic carbocycles. The summed E-state index contributed by atoms with van der Waals surface area (Å²) >= 11 is 3.35. The minimum atomic E-state index is -0.149. The van der Waals surface area contributed by atoms with Crippen molar-refractivity contribution in [2.45, 2.75) is 12.8 Å². The molecule has 0 unspecified atom stereocenters. The lowest BCUT2D eigenvalue weighted by atomic mass is 10.0. The third kappa shape index (κ3) is 2.89. The summed E-state index contributed by atoms with van der Waals surface area (Å²) in [6.45, 7) is 2.00. The maximum atomic E-state index is 13.4. The predicted octanol–water partition coefficient (Wildman–Crippen LogP) is 3.36. The second-order valence-corrected chi connectivity index (χ2v) is 4.63. The van der Waals surface area contributed by atoms with Crippen molar-refractivity contribution in [1.29, 1.82) is 0 Å². The Bertz CT molecular complexity index is 379. The van der Waals surface area contributed by atoms with Crippen LogP contribution in [0.25, 0.3) is 6.08 Å². The highest BCUT2D eigenvalue weighted by molar-refractivity contribution is 9.10. The van der Waals surface area contributed by atoms with Crippen LogP contribution in [0, 0.1) is 5.82 Å². The van der Waals surface area contributed by atoms with E-state index in [9.17, 15) is 4.39 Å². The SMILES string of the molecule is Fc1ccc(Br)cc1C=C1CCNCC1. The smallest absolute Gasteiger partial charge is 0.130 e. The first-order valence-corrected chi connectivity index (χ1v) is 5.90. The summed E-state index contributed by atoms with van der Waals surface area (Å²) < 4.78 is 14.4. The molecule has 0 amide bonds. The Morgan fingerprint density at radius 3 is 2.73 bits per heavy atom. The Hall–Kier alpha value is -0.670. The monoisotopic (exact) mass is 269 g/mol. The fraction of sp³-hybridized carbons (Fsp3) is 0.333. The molecule has 1 heterocycles. The van der Waals surface area contributed by atoms with Gasteiger partial charge in [-0.25, -0.2) is 4.39 Å². The molecule has 1 fully saturated rings. The van der Waals surface area contributed by atoms with Crippen LogP contribution in [0.4, 0.5) is 4.39 Å². The summed E-state index contributed by atoms with van der Waals surface area (Å²) in [5.74, 6) is -0.149. The van der Waals surface area contributed by atoms with Gasteiger partial charge in [-0.1, -0.05) is 27.6 Å². The molecule has 0 saturated carbocycles. The highest BCUT2D eigenvalue weighted by atomic mass is 79.9. The van der Waals surface area contributed by atoms with E-state index in [-0.39, 0.29) is 5.82 Å². The van der Waals surface area contributed by atoms with E-state index in [2.05, 4.69) is 21.2 Å². The van der Waals surface area contributed by atoms with Crippen LogP contribution in [0.2, 0.25) is 0 Å². The lowest BCUT2D eigenvalue weighted by Crippen LogP contribution is -2.22. The van der Waals surface area contributed by atoms with Gasteiger partial charge in [-0.2, -0.15) is 0 Å². The van der Waals surface area contributed by atoms with Gasteiger partial charge in [-0.05, 0) is 44.1 Å². The highest BCUT2D eigenvalue weighted by Crippen LogP contribution is 2.21. The number of halogens is 2. The van der Waals surface area contributed by atoms with Gasteiger partial charge < -0.3 is 5.32 Å². The molecule has 80 valence electrons. The van der Waals surface area contributed by atoms with Crippen LogP contribution in [0.15, 0.2) is 28.2 Å². The van der Waals surface area contributed by atoms with E-state index in [4.69, 9.17) is 0 Å². The first-order valence-electron chi connectivity index (χ1n) is 5.11. The van der Waals surface area contributed by atoms with Crippen LogP contribution >= 0.6 is 15.9 Å². The topological polar surface area (TPSA) is 12.0 Å². The first-order chi connectivity index (χ1) is 7.25. The fourth-order valence-electron chi connectivity index (χ4n) is 1.74. The molecule has 1 aromatic carbocycles. The first kappa shape index (κ1) is 10.8. The van der Waals surface area contributed by atoms with Crippen molar-refractivity contribution >= 4 is 22.0 Å². The van der Waals surface area contributed by atoms with Crippen LogP contribution in [-0.4, -0.2) is 13.1 Å². The molecular weight excluding hydrogens is 257 g/mol. The maximum Gasteiger partial charge on any atom is 0.130 e. The maximum absolute atomic E-state index is 13.4. The number of rotatable bonds is 1. The van der Waals surface area contributed by atoms with Crippen molar-refractivity contribution in [3.05, 3.63) is 39.6 Å². The van der Waals surface area contributed by atoms with Gasteiger partial charge in [-0.15, -0.1) is 0 Å². The largest absolute Gasteiger partial charge is 0.316 e. The molecule has 1 aliphatic rings. The molecule has 15 heavy (non-hydrogen) atoms. The molecule has 1 N–H and O–H groups in total. The number of piperidine rings is 1. The van der Waals surface area contributed by atoms with Crippen molar-refractivity contribution < 1.29 is 4.39 Å². The zero-order valence-corrected chi connectivity index (χ0v) is 9.98. The van der Waals surface area contributed by atoms with Crippen molar-refractivity contribution in [2.24, 2.45) is 0 Å². The van der Waals surface area contributed by atoms with Crippen LogP contribution in [0.3, 0.4) is 0 Å². The van der Waals surface area contributed by atoms with Gasteiger partial charge >= 0.3 is 0 Å². The second-order valence-electron chi connectivity index (χ2n) is 3.72. The summed E-state index contributed by atoms with van der Waals surface area (Å²) in [7, 11) is 0. The molecule has 1 saturated heterocycles. The standard InChI is InChI=1S/C12H13BrFN/c13-11-1-2-12(14)10(8-11)7-9-3-5-15-6-4-9/h1-2,7-8,15H,3-6H2. The van der Waals surface area contributed by atoms with E-state index in [1.165, 1.54) is 11.6 Å². The van der Waals surface area contributed by atoms with Gasteiger partial charge in [0.15, 0.2) is 0 Å². The lowest BCUT2D eigenvalue weighted by molar-refractivity contribution is 0.609. The summed E-state index contributed by atoms with van der Waals surface area (Å²) in [5.41, 5.74) is 2.01. The molecule has 1 aliphatic heterocycles. The normalized spacial score (nSPS) is 16.5. The minimum Gasteiger partial charge on any atom is -0.316 e. The third-order valence-electron chi connectivity index (χ3n) is 2.56. The van der Waals surface area contributed by atoms with E-state index >= 15 is 0 Å². The number of hydrogen-bond donors (Lipinski definition) is 1. The average molecular weight is 270 g/mol. The van der Waals surface area contributed by atoms with Crippen molar-refractivity contribution in [2.75, 3.05) is 13.1 Å². The fourth-order valence-corrected chi connectivity index (χ4v) is 2.12. The Morgan fingerprint density at radius 2 is 2.00 bits per heavy atom. The van der Waals surface area contributed by atoms with Crippen LogP contribution in [0.1, 0.15) is 18.4 Å². The second kappa shape index (κ2) is 4.90. The molecular formula is C12H13BrFN. The molecule has 0 aromatic heterocycles. The van der Waals surface area contributed by atoms with Gasteiger partial charge in [0.25, 0.3) is 0 Å². The zero-order chi connectivity index (χ0) is 10.7. The number of benzene rings is 1. The Kier molecular flexibility index (Phi) is 3.54. The minimum absolute atomic E-state index is 0.149. The van der Waals surface area contributed by atoms with Gasteiger partial charge in [0.1, 0.15) is 5.82 Å². The summed E-state index contributed by atoms with van der Waals surface area (Å²) in [6, 6.07) is 5.04. The molecule has 3 heteroatoms. The van der Waals surface area contributed by atoms with E-state index in [0.29, 0.717) is 5.56 Å². The van der Waals surface area contributed by atoms with E-state index in [0.717, 1.165) is 30.4 Å². The van der Waals surface area contributed by atoms with Crippen LogP contribution in [0.5, 0.6) is 0 Å². The quantitative estimate of drug-likeness (QED) is 0.825. The molecule has 2 rings (SSSR count). The van der Waals surface area contributed by atoms with Gasteiger partial charge in [0.05, 0.1) is 0 Å². The van der Waals surface area contributed by atoms with Crippen molar-refractivity contribution in [3.63, 3.8) is 0 Å². The van der Waals surface area contributed by atoms with E-state index < -0.39 is 0 Å². The van der Waals surface area contributed by atoms with E-state index in [1.54, 1.807) is 6.07 Å². The average Bonchev–Trinajstić information content (AvgIpc) is 2.25. The van der Waals surface area contributed by atoms with E-state index in [1.807, 2.05) is 12.1 Å². The summed E-state index contributed by atoms with van der Waals surface area (Å²) in [5, 5.41) is 3.28. The van der Waals surface area contributed by atoms with Crippen molar-refractivity contribution in [1.82, 2.24) is 5.32 Å². The van der Waals surface area contributed by atoms with Crippen LogP contribution < -0.4 is 5.32 Å². The molecule has 1 nitrogen and oxygen atoms in total. The number of nitrogens with one attached hydrogen (secondary N) is 1. The summed E-state index contributed by atoms with van der Waals surface area (Å²) in [4.78, 5) is 0. The Labute approximate surface area is 97.5 Å². The molecule has 0 bridgehead atoms. The lowest BCUT2D eigenvalue weighted by Gasteiger charge is -2.15. The van der Waals surface area contributed by atoms with Gasteiger partial charge in [-0.3, -0.25) is 0 Å². The Morgan fingerprint density at radius 1 is 1.27 bits per heavy atom. The predicted molar refractivity (Wildman–Crippen MR) is 64.2 cm³/mol. The molecule has 0 radical (unpaired) electrons. The van der Waals surface area contributed by atoms with Crippen LogP contribution in [-0.2, 0) is 0 Å². The third-order valence-corrected chi connectivity index (χ3v) is 3.06. The highest BCUT2D eigenvalue weighted by Gasteiger charge is 2.06. The summed E-state index contributed by atoms with van der Waals surface area (Å²) in [6.07, 6.45) is 4.01. The molecule has 0 atom stereocenters. The molecule has 0 spiro atoms. The molecule has 1 aromatic rings. The Balaban J connectivity index is 2.25. The zero-order valence-electron chi connectivity index (χ0n) is 8.39. The van der Waals surface area contributed by atoms with Gasteiger partial charge in [0.2, 0.25) is 0 Å².